The molecular formula is C72H86I2N12O2. The summed E-state index contributed by atoms with van der Waals surface area (Å²) in [6.45, 7) is 27.3. The Morgan fingerprint density at radius 3 is 1.39 bits per heavy atom. The Bertz CT molecular complexity index is 3780. The summed E-state index contributed by atoms with van der Waals surface area (Å²) in [4.78, 5) is 58.6. The molecule has 7 aromatic rings. The number of hydrogen-bond acceptors (Lipinski definition) is 7. The minimum absolute atomic E-state index is 0.211. The Balaban J connectivity index is 0.000000194. The van der Waals surface area contributed by atoms with E-state index in [1.807, 2.05) is 35.3 Å². The summed E-state index contributed by atoms with van der Waals surface area (Å²) in [5.74, 6) is 2.90. The van der Waals surface area contributed by atoms with Crippen LogP contribution in [0.1, 0.15) is 160 Å². The number of nitrogens with zero attached hydrogens (tertiary/aromatic N) is 10. The number of pyridine rings is 1. The van der Waals surface area contributed by atoms with Crippen LogP contribution < -0.4 is 0 Å². The van der Waals surface area contributed by atoms with Crippen molar-refractivity contribution in [2.24, 2.45) is 9.98 Å². The van der Waals surface area contributed by atoms with Gasteiger partial charge in [0.05, 0.1) is 22.2 Å². The Hall–Kier alpha value is -6.77. The van der Waals surface area contributed by atoms with E-state index < -0.39 is 10.8 Å². The fourth-order valence-electron chi connectivity index (χ4n) is 14.9. The van der Waals surface area contributed by atoms with Gasteiger partial charge < -0.3 is 34.5 Å². The van der Waals surface area contributed by atoms with Gasteiger partial charge >= 0.3 is 0 Å². The summed E-state index contributed by atoms with van der Waals surface area (Å²) in [5.41, 5.74) is 16.6. The lowest BCUT2D eigenvalue weighted by Crippen LogP contribution is -2.47. The molecule has 5 fully saturated rings. The fraction of sp³-hybridized carbons (Fsp3) is 0.458. The molecule has 0 bridgehead atoms. The molecular weight excluding hydrogens is 1320 g/mol. The number of hydrogen-bond donors (Lipinski definition) is 2. The standard InChI is InChI=1S/C40H47N7O.C32H39N5O.I2/c1-27-20-28(2)22-32(21-27)37-36(34-23-33(9-10-35(34)44-37)40(3,4)38(48)45-16-5-6-17-45)31-8-7-18-46(25-31)39(43-26-41)47-19-13-30(24-47)29-11-14-42-15-12-29;1-21-15-22(2)17-25(16-21)30-29(24-9-8-14-37(19-24)23(3)34-20-33)27-18-26(10-11-28(27)35-30)32(4,5)31(38)36-12-6-7-13-36;1-2/h9-12,14-15,20-23,30-31,44H,5-8,13,16-19,24-25H2,1-4H3;10-11,15-18,24,35H,6-9,12-14,19H2,1-5H3;. The van der Waals surface area contributed by atoms with Crippen molar-refractivity contribution < 1.29 is 9.59 Å². The first-order chi connectivity index (χ1) is 42.4. The van der Waals surface area contributed by atoms with Crippen LogP contribution in [0, 0.1) is 50.6 Å². The Labute approximate surface area is 544 Å². The van der Waals surface area contributed by atoms with Crippen molar-refractivity contribution in [1.82, 2.24) is 39.5 Å². The number of nitrogens with one attached hydrogen (secondary N) is 2. The van der Waals surface area contributed by atoms with Crippen molar-refractivity contribution in [3.63, 3.8) is 0 Å². The molecule has 8 heterocycles. The highest BCUT2D eigenvalue weighted by Crippen LogP contribution is 2.45. The molecule has 2 amide bonds. The van der Waals surface area contributed by atoms with Crippen LogP contribution >= 0.6 is 37.2 Å². The largest absolute Gasteiger partial charge is 0.359 e. The van der Waals surface area contributed by atoms with Crippen LogP contribution in [-0.4, -0.2) is 129 Å². The number of benzene rings is 4. The van der Waals surface area contributed by atoms with Gasteiger partial charge in [0.15, 0.2) is 0 Å². The van der Waals surface area contributed by atoms with E-state index in [0.717, 1.165) is 169 Å². The summed E-state index contributed by atoms with van der Waals surface area (Å²) in [6, 6.07) is 30.8. The zero-order valence-electron chi connectivity index (χ0n) is 52.9. The minimum atomic E-state index is -0.626. The number of aromatic nitrogens is 3. The molecule has 5 aliphatic rings. The van der Waals surface area contributed by atoms with Crippen LogP contribution in [0.3, 0.4) is 0 Å². The van der Waals surface area contributed by atoms with E-state index in [1.165, 1.54) is 60.8 Å². The maximum atomic E-state index is 13.8. The van der Waals surface area contributed by atoms with E-state index in [1.54, 1.807) is 0 Å². The first-order valence-electron chi connectivity index (χ1n) is 31.7. The lowest BCUT2D eigenvalue weighted by atomic mass is 9.81. The van der Waals surface area contributed by atoms with Crippen LogP contribution in [0.5, 0.6) is 0 Å². The highest BCUT2D eigenvalue weighted by Gasteiger charge is 2.39. The highest BCUT2D eigenvalue weighted by molar-refractivity contribution is 15.0. The van der Waals surface area contributed by atoms with Crippen LogP contribution in [0.4, 0.5) is 0 Å². The number of amides is 2. The van der Waals surface area contributed by atoms with Crippen molar-refractivity contribution in [2.75, 3.05) is 65.4 Å². The average Bonchev–Trinajstić information content (AvgIpc) is 2.46. The lowest BCUT2D eigenvalue weighted by molar-refractivity contribution is -0.135. The molecule has 460 valence electrons. The van der Waals surface area contributed by atoms with E-state index in [-0.39, 0.29) is 23.7 Å². The SMILES string of the molecule is CC(=NC#N)N1CCCC(c2c(-c3cc(C)cc(C)c3)[nH]c3ccc(C(C)(C)C(=O)N4CCCC4)cc23)C1.Cc1cc(C)cc(-c2[nH]c3ccc(C(C)(C)C(=O)N4CCCC4)cc3c2C2CCCN(C(=NC#N)N3CCC(c4ccncc4)C3)C2)c1.II. The number of rotatable bonds is 9. The predicted molar refractivity (Wildman–Crippen MR) is 374 cm³/mol. The third-order valence-corrected chi connectivity index (χ3v) is 19.4. The molecule has 4 aromatic carbocycles. The molecule has 3 atom stereocenters. The second-order valence-corrected chi connectivity index (χ2v) is 26.4. The van der Waals surface area contributed by atoms with Gasteiger partial charge in [0.2, 0.25) is 30.2 Å². The first kappa shape index (κ1) is 64.2. The van der Waals surface area contributed by atoms with E-state index in [0.29, 0.717) is 5.92 Å². The molecule has 3 aromatic heterocycles. The monoisotopic (exact) mass is 1400 g/mol. The van der Waals surface area contributed by atoms with Gasteiger partial charge in [-0.05, 0) is 220 Å². The zero-order chi connectivity index (χ0) is 62.4. The van der Waals surface area contributed by atoms with Gasteiger partial charge in [0, 0.05) is 155 Å². The molecule has 14 nitrogen and oxygen atoms in total. The van der Waals surface area contributed by atoms with Crippen LogP contribution in [-0.2, 0) is 20.4 Å². The van der Waals surface area contributed by atoms with E-state index >= 15 is 0 Å². The number of H-pyrrole nitrogens is 2. The molecule has 5 aliphatic heterocycles. The molecule has 2 N–H and O–H groups in total. The van der Waals surface area contributed by atoms with Crippen LogP contribution in [0.2, 0.25) is 0 Å². The molecule has 0 radical (unpaired) electrons. The number of nitriles is 2. The smallest absolute Gasteiger partial charge is 0.232 e. The number of fused-ring (bicyclic) bond motifs is 2. The quantitative estimate of drug-likeness (QED) is 0.0623. The number of guanidine groups is 1. The number of aryl methyl sites for hydroxylation is 4. The number of amidine groups is 1. The summed E-state index contributed by atoms with van der Waals surface area (Å²) in [5, 5.41) is 21.4. The number of piperidine rings is 2. The predicted octanol–water partition coefficient (Wildman–Crippen LogP) is 15.5. The van der Waals surface area contributed by atoms with Crippen molar-refractivity contribution in [1.29, 1.82) is 10.5 Å². The van der Waals surface area contributed by atoms with Gasteiger partial charge in [-0.3, -0.25) is 14.6 Å². The topological polar surface area (TPSA) is 167 Å². The molecule has 0 saturated carbocycles. The van der Waals surface area contributed by atoms with Gasteiger partial charge in [-0.2, -0.15) is 15.5 Å². The third kappa shape index (κ3) is 13.7. The summed E-state index contributed by atoms with van der Waals surface area (Å²) < 4.78 is 0. The fourth-order valence-corrected chi connectivity index (χ4v) is 14.9. The summed E-state index contributed by atoms with van der Waals surface area (Å²) >= 11 is 4.24. The highest BCUT2D eigenvalue weighted by atomic mass is 128. The number of aliphatic imine (C=N–C) groups is 2. The molecule has 12 rings (SSSR count). The van der Waals surface area contributed by atoms with Gasteiger partial charge in [-0.15, -0.1) is 4.99 Å². The van der Waals surface area contributed by atoms with Gasteiger partial charge in [0.25, 0.3) is 0 Å². The molecule has 88 heavy (non-hydrogen) atoms. The van der Waals surface area contributed by atoms with E-state index in [4.69, 9.17) is 5.26 Å². The Kier molecular flexibility index (Phi) is 20.4. The molecule has 16 heteroatoms. The normalized spacial score (nSPS) is 19.3. The number of likely N-dealkylation sites (tertiary alicyclic amines) is 5. The van der Waals surface area contributed by atoms with Crippen molar-refractivity contribution in [3.05, 3.63) is 147 Å². The summed E-state index contributed by atoms with van der Waals surface area (Å²) in [6.07, 6.45) is 17.4. The van der Waals surface area contributed by atoms with Gasteiger partial charge in [-0.1, -0.05) is 46.5 Å². The van der Waals surface area contributed by atoms with Gasteiger partial charge in [0.1, 0.15) is 5.84 Å². The van der Waals surface area contributed by atoms with Crippen molar-refractivity contribution in [3.8, 4) is 34.9 Å². The number of aromatic amines is 2. The second-order valence-electron chi connectivity index (χ2n) is 26.4. The van der Waals surface area contributed by atoms with Crippen molar-refractivity contribution in [2.45, 2.75) is 149 Å². The van der Waals surface area contributed by atoms with E-state index in [9.17, 15) is 14.9 Å². The maximum absolute atomic E-state index is 13.8. The Morgan fingerprint density at radius 2 is 0.932 bits per heavy atom. The Morgan fingerprint density at radius 1 is 0.523 bits per heavy atom. The second kappa shape index (κ2) is 28.0. The number of halogens is 2. The zero-order valence-corrected chi connectivity index (χ0v) is 57.3. The van der Waals surface area contributed by atoms with E-state index in [2.05, 4.69) is 223 Å². The summed E-state index contributed by atoms with van der Waals surface area (Å²) in [7, 11) is 0. The van der Waals surface area contributed by atoms with Crippen molar-refractivity contribution >= 4 is 82.6 Å². The molecule has 3 unspecified atom stereocenters. The number of carbonyl (C=O) groups is 2. The average molecular weight is 1410 g/mol. The number of carbonyl (C=O) groups excluding carboxylic acids is 2. The van der Waals surface area contributed by atoms with Crippen LogP contribution in [0.15, 0.2) is 107 Å². The minimum Gasteiger partial charge on any atom is -0.359 e. The molecule has 5 saturated heterocycles. The van der Waals surface area contributed by atoms with Crippen LogP contribution in [0.25, 0.3) is 44.3 Å². The first-order valence-corrected chi connectivity index (χ1v) is 38.0. The lowest BCUT2D eigenvalue weighted by Gasteiger charge is -2.38. The maximum Gasteiger partial charge on any atom is 0.232 e. The van der Waals surface area contributed by atoms with Gasteiger partial charge in [-0.25, -0.2) is 0 Å². The molecule has 0 aliphatic carbocycles. The molecule has 0 spiro atoms. The third-order valence-electron chi connectivity index (χ3n) is 19.4.